The average Bonchev–Trinajstić information content (AvgIpc) is 3.59. The Balaban J connectivity index is 1.34. The third-order valence-corrected chi connectivity index (χ3v) is 9.53. The minimum Gasteiger partial charge on any atom is -0.367 e. The highest BCUT2D eigenvalue weighted by Gasteiger charge is 2.52. The fourth-order valence-corrected chi connectivity index (χ4v) is 7.47. The van der Waals surface area contributed by atoms with E-state index in [9.17, 15) is 22.8 Å². The van der Waals surface area contributed by atoms with Crippen LogP contribution in [0.4, 0.5) is 5.69 Å². The molecule has 184 valence electrons. The number of rotatable bonds is 5. The smallest absolute Gasteiger partial charge is 0.251 e. The Hall–Kier alpha value is -2.46. The first-order valence-electron chi connectivity index (χ1n) is 12.1. The van der Waals surface area contributed by atoms with Gasteiger partial charge in [-0.3, -0.25) is 18.7 Å². The van der Waals surface area contributed by atoms with Crippen LogP contribution in [0.3, 0.4) is 0 Å². The molecule has 4 fully saturated rings. The fourth-order valence-electron chi connectivity index (χ4n) is 5.90. The second kappa shape index (κ2) is 8.96. The summed E-state index contributed by atoms with van der Waals surface area (Å²) in [5.41, 5.74) is 0.901. The zero-order chi connectivity index (χ0) is 24.0. The number of sulfonamides is 1. The Morgan fingerprint density at radius 3 is 2.47 bits per heavy atom. The summed E-state index contributed by atoms with van der Waals surface area (Å²) in [5.74, 6) is -0.443. The van der Waals surface area contributed by atoms with Crippen LogP contribution in [0.25, 0.3) is 0 Å². The standard InChI is InChI=1S/C24H31N3O6S/c1-15-13-26(21-19(28)14-33-22(15)21)24(30)20(16-5-2-3-6-16)25-23(29)17-7-9-18(10-8-17)27-11-4-12-34(27,31)32/h7-10,15-16,20-22H,2-6,11-14H2,1H3,(H,25,29)/t15-,20+,21-,22-/m1/s1. The average molecular weight is 490 g/mol. The predicted octanol–water partition coefficient (Wildman–Crippen LogP) is 1.33. The molecule has 1 saturated carbocycles. The normalized spacial score (nSPS) is 29.4. The summed E-state index contributed by atoms with van der Waals surface area (Å²) in [4.78, 5) is 40.9. The van der Waals surface area contributed by atoms with E-state index in [-0.39, 0.29) is 47.9 Å². The topological polar surface area (TPSA) is 113 Å². The van der Waals surface area contributed by atoms with Gasteiger partial charge in [-0.15, -0.1) is 0 Å². The van der Waals surface area contributed by atoms with Crippen LogP contribution in [-0.4, -0.2) is 74.6 Å². The fraction of sp³-hybridized carbons (Fsp3) is 0.625. The first kappa shape index (κ1) is 23.3. The van der Waals surface area contributed by atoms with Crippen LogP contribution >= 0.6 is 0 Å². The molecule has 4 atom stereocenters. The van der Waals surface area contributed by atoms with Gasteiger partial charge in [0.05, 0.1) is 17.5 Å². The van der Waals surface area contributed by atoms with Crippen molar-refractivity contribution >= 4 is 33.3 Å². The molecule has 3 aliphatic heterocycles. The summed E-state index contributed by atoms with van der Waals surface area (Å²) in [6, 6.07) is 5.18. The zero-order valence-electron chi connectivity index (χ0n) is 19.3. The number of carbonyl (C=O) groups is 3. The van der Waals surface area contributed by atoms with Gasteiger partial charge >= 0.3 is 0 Å². The van der Waals surface area contributed by atoms with Gasteiger partial charge in [0.2, 0.25) is 15.9 Å². The van der Waals surface area contributed by atoms with E-state index in [0.717, 1.165) is 25.7 Å². The van der Waals surface area contributed by atoms with Crippen molar-refractivity contribution in [3.05, 3.63) is 29.8 Å². The molecule has 1 aliphatic carbocycles. The van der Waals surface area contributed by atoms with Gasteiger partial charge in [0.25, 0.3) is 5.91 Å². The number of nitrogens with zero attached hydrogens (tertiary/aromatic N) is 2. The molecule has 1 aromatic rings. The lowest BCUT2D eigenvalue weighted by Gasteiger charge is -2.30. The van der Waals surface area contributed by atoms with Crippen molar-refractivity contribution in [1.29, 1.82) is 0 Å². The number of hydrogen-bond acceptors (Lipinski definition) is 6. The summed E-state index contributed by atoms with van der Waals surface area (Å²) in [5, 5.41) is 2.95. The van der Waals surface area contributed by atoms with Crippen LogP contribution in [0.1, 0.15) is 49.4 Å². The summed E-state index contributed by atoms with van der Waals surface area (Å²) in [7, 11) is -3.30. The van der Waals surface area contributed by atoms with Gasteiger partial charge in [-0.2, -0.15) is 0 Å². The third kappa shape index (κ3) is 4.11. The van der Waals surface area contributed by atoms with E-state index in [1.807, 2.05) is 6.92 Å². The highest BCUT2D eigenvalue weighted by Crippen LogP contribution is 2.35. The van der Waals surface area contributed by atoms with E-state index in [1.165, 1.54) is 4.31 Å². The van der Waals surface area contributed by atoms with Crippen LogP contribution in [0.2, 0.25) is 0 Å². The Morgan fingerprint density at radius 1 is 1.12 bits per heavy atom. The van der Waals surface area contributed by atoms with Gasteiger partial charge < -0.3 is 15.0 Å². The van der Waals surface area contributed by atoms with Crippen LogP contribution in [0.5, 0.6) is 0 Å². The number of ether oxygens (including phenoxy) is 1. The van der Waals surface area contributed by atoms with Crippen molar-refractivity contribution in [1.82, 2.24) is 10.2 Å². The number of fused-ring (bicyclic) bond motifs is 1. The minimum atomic E-state index is -3.30. The zero-order valence-corrected chi connectivity index (χ0v) is 20.1. The van der Waals surface area contributed by atoms with Crippen molar-refractivity contribution in [2.24, 2.45) is 11.8 Å². The number of Topliss-reactive ketones (excluding diaryl/α,β-unsaturated/α-hetero) is 1. The largest absolute Gasteiger partial charge is 0.367 e. The van der Waals surface area contributed by atoms with E-state index >= 15 is 0 Å². The summed E-state index contributed by atoms with van der Waals surface area (Å²) in [6.07, 6.45) is 4.03. The Labute approximate surface area is 199 Å². The van der Waals surface area contributed by atoms with Gasteiger partial charge in [0, 0.05) is 24.6 Å². The molecule has 0 radical (unpaired) electrons. The lowest BCUT2D eigenvalue weighted by Crippen LogP contribution is -2.54. The lowest BCUT2D eigenvalue weighted by molar-refractivity contribution is -0.139. The second-order valence-corrected chi connectivity index (χ2v) is 12.0. The second-order valence-electron chi connectivity index (χ2n) is 9.94. The Bertz CT molecular complexity index is 1080. The minimum absolute atomic E-state index is 0.0252. The van der Waals surface area contributed by atoms with E-state index in [0.29, 0.717) is 30.8 Å². The first-order chi connectivity index (χ1) is 16.3. The van der Waals surface area contributed by atoms with Gasteiger partial charge in [-0.1, -0.05) is 19.8 Å². The number of hydrogen-bond donors (Lipinski definition) is 1. The van der Waals surface area contributed by atoms with Crippen LogP contribution in [0, 0.1) is 11.8 Å². The quantitative estimate of drug-likeness (QED) is 0.668. The molecule has 34 heavy (non-hydrogen) atoms. The van der Waals surface area contributed by atoms with E-state index in [1.54, 1.807) is 29.2 Å². The Morgan fingerprint density at radius 2 is 1.82 bits per heavy atom. The van der Waals surface area contributed by atoms with Crippen molar-refractivity contribution in [3.63, 3.8) is 0 Å². The van der Waals surface area contributed by atoms with E-state index in [2.05, 4.69) is 5.32 Å². The number of carbonyl (C=O) groups excluding carboxylic acids is 3. The number of benzene rings is 1. The molecule has 4 aliphatic rings. The molecule has 5 rings (SSSR count). The SMILES string of the molecule is C[C@@H]1CN(C(=O)[C@@H](NC(=O)c2ccc(N3CCCS3(=O)=O)cc2)C2CCCC2)[C@@H]2C(=O)CO[C@H]12. The van der Waals surface area contributed by atoms with Gasteiger partial charge in [-0.05, 0) is 49.4 Å². The monoisotopic (exact) mass is 489 g/mol. The molecule has 0 spiro atoms. The first-order valence-corrected chi connectivity index (χ1v) is 13.7. The van der Waals surface area contributed by atoms with Crippen LogP contribution in [0.15, 0.2) is 24.3 Å². The number of anilines is 1. The van der Waals surface area contributed by atoms with E-state index < -0.39 is 22.1 Å². The van der Waals surface area contributed by atoms with Crippen LogP contribution < -0.4 is 9.62 Å². The lowest BCUT2D eigenvalue weighted by atomic mass is 9.95. The van der Waals surface area contributed by atoms with Crippen molar-refractivity contribution in [3.8, 4) is 0 Å². The molecule has 3 saturated heterocycles. The molecule has 9 nitrogen and oxygen atoms in total. The van der Waals surface area contributed by atoms with Crippen molar-refractivity contribution < 1.29 is 27.5 Å². The molecular formula is C24H31N3O6S. The maximum atomic E-state index is 13.7. The molecule has 1 N–H and O–H groups in total. The molecule has 1 aromatic carbocycles. The predicted molar refractivity (Wildman–Crippen MR) is 125 cm³/mol. The third-order valence-electron chi connectivity index (χ3n) is 7.66. The molecule has 0 unspecified atom stereocenters. The summed E-state index contributed by atoms with van der Waals surface area (Å²) < 4.78 is 31.3. The van der Waals surface area contributed by atoms with Crippen molar-refractivity contribution in [2.45, 2.75) is 57.2 Å². The van der Waals surface area contributed by atoms with Crippen LogP contribution in [-0.2, 0) is 24.3 Å². The number of ketones is 1. The molecule has 0 bridgehead atoms. The van der Waals surface area contributed by atoms with Gasteiger partial charge in [0.1, 0.15) is 18.7 Å². The molecule has 0 aromatic heterocycles. The summed E-state index contributed by atoms with van der Waals surface area (Å²) >= 11 is 0. The number of nitrogens with one attached hydrogen (secondary N) is 1. The highest BCUT2D eigenvalue weighted by molar-refractivity contribution is 7.93. The highest BCUT2D eigenvalue weighted by atomic mass is 32.2. The van der Waals surface area contributed by atoms with Gasteiger partial charge in [0.15, 0.2) is 5.78 Å². The molecule has 2 amide bonds. The number of likely N-dealkylation sites (tertiary alicyclic amines) is 1. The molecule has 3 heterocycles. The van der Waals surface area contributed by atoms with Gasteiger partial charge in [-0.25, -0.2) is 8.42 Å². The summed E-state index contributed by atoms with van der Waals surface area (Å²) in [6.45, 7) is 2.89. The molecular weight excluding hydrogens is 458 g/mol. The molecule has 10 heteroatoms. The Kier molecular flexibility index (Phi) is 6.14. The number of amides is 2. The van der Waals surface area contributed by atoms with Crippen molar-refractivity contribution in [2.75, 3.05) is 29.8 Å². The van der Waals surface area contributed by atoms with E-state index in [4.69, 9.17) is 4.74 Å². The maximum absolute atomic E-state index is 13.7. The maximum Gasteiger partial charge on any atom is 0.251 e.